The van der Waals surface area contributed by atoms with Gasteiger partial charge in [0, 0.05) is 20.0 Å². The highest BCUT2D eigenvalue weighted by molar-refractivity contribution is 8.14. The van der Waals surface area contributed by atoms with Crippen molar-refractivity contribution in [2.24, 2.45) is 0 Å². The first-order valence-electron chi connectivity index (χ1n) is 7.57. The molecule has 0 fully saturated rings. The molecule has 0 aliphatic rings. The van der Waals surface area contributed by atoms with Crippen molar-refractivity contribution in [3.05, 3.63) is 0 Å². The van der Waals surface area contributed by atoms with Gasteiger partial charge in [-0.1, -0.05) is 24.6 Å². The molecule has 0 atom stereocenters. The number of amides is 2. The van der Waals surface area contributed by atoms with E-state index in [0.29, 0.717) is 13.1 Å². The van der Waals surface area contributed by atoms with Gasteiger partial charge in [-0.2, -0.15) is 0 Å². The number of alkyl carbamates (subject to hydrolysis) is 1. The lowest BCUT2D eigenvalue weighted by atomic mass is 10.2. The van der Waals surface area contributed by atoms with Crippen LogP contribution in [0, 0.1) is 0 Å². The van der Waals surface area contributed by atoms with E-state index in [0.717, 1.165) is 37.4 Å². The molecule has 0 spiro atoms. The molecule has 2 N–H and O–H groups in total. The van der Waals surface area contributed by atoms with Gasteiger partial charge in [-0.3, -0.25) is 9.59 Å². The zero-order chi connectivity index (χ0) is 17.0. The molecule has 0 aromatic rings. The summed E-state index contributed by atoms with van der Waals surface area (Å²) in [6.07, 6.45) is 3.35. The maximum Gasteiger partial charge on any atom is 0.407 e. The van der Waals surface area contributed by atoms with E-state index in [1.807, 2.05) is 20.8 Å². The second kappa shape index (κ2) is 11.3. The molecule has 0 heterocycles. The minimum Gasteiger partial charge on any atom is -0.444 e. The first-order valence-corrected chi connectivity index (χ1v) is 8.56. The predicted octanol–water partition coefficient (Wildman–Crippen LogP) is 2.47. The van der Waals surface area contributed by atoms with Gasteiger partial charge in [0.25, 0.3) is 0 Å². The molecule has 0 aliphatic carbocycles. The Bertz CT molecular complexity index is 367. The molecular weight excluding hydrogens is 304 g/mol. The average molecular weight is 332 g/mol. The number of unbranched alkanes of at least 4 members (excludes halogenated alkanes) is 3. The van der Waals surface area contributed by atoms with Crippen LogP contribution in [-0.4, -0.2) is 41.6 Å². The quantitative estimate of drug-likeness (QED) is 0.634. The molecule has 0 aliphatic heterocycles. The van der Waals surface area contributed by atoms with Crippen LogP contribution in [-0.2, 0) is 14.3 Å². The molecule has 0 rings (SSSR count). The lowest BCUT2D eigenvalue weighted by Gasteiger charge is -2.19. The third-order valence-electron chi connectivity index (χ3n) is 2.50. The lowest BCUT2D eigenvalue weighted by Crippen LogP contribution is -2.33. The summed E-state index contributed by atoms with van der Waals surface area (Å²) >= 11 is 1.02. The minimum atomic E-state index is -0.469. The van der Waals surface area contributed by atoms with Crippen LogP contribution in [0.5, 0.6) is 0 Å². The Balaban J connectivity index is 3.39. The molecule has 0 aromatic carbocycles. The minimum absolute atomic E-state index is 0.0485. The van der Waals surface area contributed by atoms with Crippen molar-refractivity contribution >= 4 is 28.9 Å². The van der Waals surface area contributed by atoms with E-state index in [-0.39, 0.29) is 22.9 Å². The van der Waals surface area contributed by atoms with Crippen molar-refractivity contribution < 1.29 is 19.1 Å². The smallest absolute Gasteiger partial charge is 0.407 e. The van der Waals surface area contributed by atoms with Crippen molar-refractivity contribution in [1.29, 1.82) is 0 Å². The Kier molecular flexibility index (Phi) is 10.7. The molecule has 7 heteroatoms. The van der Waals surface area contributed by atoms with E-state index in [2.05, 4.69) is 10.6 Å². The summed E-state index contributed by atoms with van der Waals surface area (Å²) in [6, 6.07) is 0. The molecule has 0 saturated carbocycles. The molecule has 128 valence electrons. The first-order chi connectivity index (χ1) is 10.2. The summed E-state index contributed by atoms with van der Waals surface area (Å²) in [7, 11) is 0. The van der Waals surface area contributed by atoms with Crippen molar-refractivity contribution in [1.82, 2.24) is 10.6 Å². The van der Waals surface area contributed by atoms with Crippen LogP contribution in [0.15, 0.2) is 0 Å². The third kappa shape index (κ3) is 15.2. The second-order valence-corrected chi connectivity index (χ2v) is 7.13. The molecule has 0 saturated heterocycles. The maximum absolute atomic E-state index is 11.4. The Morgan fingerprint density at radius 2 is 1.50 bits per heavy atom. The lowest BCUT2D eigenvalue weighted by molar-refractivity contribution is -0.118. The highest BCUT2D eigenvalue weighted by Gasteiger charge is 2.15. The van der Waals surface area contributed by atoms with Crippen molar-refractivity contribution in [2.75, 3.05) is 18.8 Å². The summed E-state index contributed by atoms with van der Waals surface area (Å²) in [5, 5.41) is 5.43. The zero-order valence-electron chi connectivity index (χ0n) is 14.0. The van der Waals surface area contributed by atoms with Gasteiger partial charge in [0.1, 0.15) is 5.60 Å². The Hall–Kier alpha value is -1.24. The van der Waals surface area contributed by atoms with Gasteiger partial charge in [-0.05, 0) is 33.6 Å². The van der Waals surface area contributed by atoms with E-state index < -0.39 is 5.60 Å². The largest absolute Gasteiger partial charge is 0.444 e. The van der Waals surface area contributed by atoms with E-state index in [1.54, 1.807) is 0 Å². The zero-order valence-corrected chi connectivity index (χ0v) is 14.8. The standard InChI is InChI=1S/C15H28N2O4S/c1-12(18)22-11-13(19)16-9-7-5-6-8-10-17-14(20)21-15(2,3)4/h5-11H2,1-4H3,(H,16,19)(H,17,20). The molecule has 22 heavy (non-hydrogen) atoms. The molecular formula is C15H28N2O4S. The average Bonchev–Trinajstić information content (AvgIpc) is 2.37. The fourth-order valence-corrected chi connectivity index (χ4v) is 1.99. The van der Waals surface area contributed by atoms with Crippen LogP contribution in [0.3, 0.4) is 0 Å². The highest BCUT2D eigenvalue weighted by Crippen LogP contribution is 2.06. The topological polar surface area (TPSA) is 84.5 Å². The van der Waals surface area contributed by atoms with Crippen molar-refractivity contribution in [2.45, 2.75) is 59.0 Å². The van der Waals surface area contributed by atoms with Crippen LogP contribution >= 0.6 is 11.8 Å². The van der Waals surface area contributed by atoms with Crippen LogP contribution in [0.1, 0.15) is 53.4 Å². The Labute approximate surface area is 137 Å². The van der Waals surface area contributed by atoms with Gasteiger partial charge < -0.3 is 15.4 Å². The highest BCUT2D eigenvalue weighted by atomic mass is 32.2. The van der Waals surface area contributed by atoms with Gasteiger partial charge >= 0.3 is 6.09 Å². The fourth-order valence-electron chi connectivity index (χ4n) is 1.55. The second-order valence-electron chi connectivity index (χ2n) is 5.97. The van der Waals surface area contributed by atoms with Crippen LogP contribution in [0.4, 0.5) is 4.79 Å². The number of rotatable bonds is 9. The summed E-state index contributed by atoms with van der Waals surface area (Å²) < 4.78 is 5.13. The Morgan fingerprint density at radius 1 is 0.955 bits per heavy atom. The molecule has 0 radical (unpaired) electrons. The number of carbonyl (C=O) groups is 3. The number of hydrogen-bond acceptors (Lipinski definition) is 5. The molecule has 0 bridgehead atoms. The summed E-state index contributed by atoms with van der Waals surface area (Å²) in [5.41, 5.74) is -0.469. The third-order valence-corrected chi connectivity index (χ3v) is 3.31. The number of hydrogen-bond donors (Lipinski definition) is 2. The SMILES string of the molecule is CC(=O)SCC(=O)NCCCCCCNC(=O)OC(C)(C)C. The molecule has 0 unspecified atom stereocenters. The first kappa shape index (κ1) is 20.8. The summed E-state index contributed by atoms with van der Waals surface area (Å²) in [6.45, 7) is 8.15. The number of carbonyl (C=O) groups excluding carboxylic acids is 3. The van der Waals surface area contributed by atoms with Crippen LogP contribution in [0.25, 0.3) is 0 Å². The predicted molar refractivity (Wildman–Crippen MR) is 88.9 cm³/mol. The van der Waals surface area contributed by atoms with Gasteiger partial charge in [-0.15, -0.1) is 0 Å². The maximum atomic E-state index is 11.4. The van der Waals surface area contributed by atoms with Gasteiger partial charge in [-0.25, -0.2) is 4.79 Å². The van der Waals surface area contributed by atoms with E-state index in [1.165, 1.54) is 6.92 Å². The Morgan fingerprint density at radius 3 is 2.00 bits per heavy atom. The number of thioether (sulfide) groups is 1. The summed E-state index contributed by atoms with van der Waals surface area (Å²) in [5.74, 6) is 0.0848. The van der Waals surface area contributed by atoms with Gasteiger partial charge in [0.15, 0.2) is 5.12 Å². The van der Waals surface area contributed by atoms with Crippen molar-refractivity contribution in [3.8, 4) is 0 Å². The van der Waals surface area contributed by atoms with Crippen molar-refractivity contribution in [3.63, 3.8) is 0 Å². The van der Waals surface area contributed by atoms with E-state index in [4.69, 9.17) is 4.74 Å². The van der Waals surface area contributed by atoms with Gasteiger partial charge in [0.2, 0.25) is 5.91 Å². The van der Waals surface area contributed by atoms with Crippen LogP contribution < -0.4 is 10.6 Å². The van der Waals surface area contributed by atoms with E-state index in [9.17, 15) is 14.4 Å². The molecule has 0 aromatic heterocycles. The normalized spacial score (nSPS) is 10.9. The monoisotopic (exact) mass is 332 g/mol. The van der Waals surface area contributed by atoms with Gasteiger partial charge in [0.05, 0.1) is 5.75 Å². The van der Waals surface area contributed by atoms with Crippen LogP contribution in [0.2, 0.25) is 0 Å². The number of ether oxygens (including phenoxy) is 1. The number of nitrogens with one attached hydrogen (secondary N) is 2. The van der Waals surface area contributed by atoms with E-state index >= 15 is 0 Å². The molecule has 2 amide bonds. The summed E-state index contributed by atoms with van der Waals surface area (Å²) in [4.78, 5) is 33.4. The fraction of sp³-hybridized carbons (Fsp3) is 0.800. The molecule has 6 nitrogen and oxygen atoms in total.